The second-order valence-electron chi connectivity index (χ2n) is 7.28. The third-order valence-corrected chi connectivity index (χ3v) is 4.72. The Kier molecular flexibility index (Phi) is 12.7. The monoisotopic (exact) mass is 342 g/mol. The molecule has 0 aliphatic heterocycles. The van der Waals surface area contributed by atoms with E-state index in [1.807, 2.05) is 20.8 Å². The fourth-order valence-corrected chi connectivity index (χ4v) is 2.23. The van der Waals surface area contributed by atoms with Crippen LogP contribution in [-0.2, 0) is 19.1 Å². The van der Waals surface area contributed by atoms with Crippen molar-refractivity contribution in [2.24, 2.45) is 11.3 Å². The summed E-state index contributed by atoms with van der Waals surface area (Å²) in [5.41, 5.74) is -0.405. The second-order valence-corrected chi connectivity index (χ2v) is 7.28. The molecule has 142 valence electrons. The Labute approximate surface area is 148 Å². The molecule has 0 aromatic carbocycles. The molecule has 0 aliphatic rings. The summed E-state index contributed by atoms with van der Waals surface area (Å²) in [7, 11) is 0. The molecule has 0 heterocycles. The van der Waals surface area contributed by atoms with Gasteiger partial charge in [-0.2, -0.15) is 0 Å². The maximum absolute atomic E-state index is 11.8. The molecule has 0 N–H and O–H groups in total. The number of carbonyl (C=O) groups excluding carboxylic acids is 2. The highest BCUT2D eigenvalue weighted by atomic mass is 16.5. The summed E-state index contributed by atoms with van der Waals surface area (Å²) in [5.74, 6) is 0.256. The van der Waals surface area contributed by atoms with Crippen molar-refractivity contribution >= 4 is 11.9 Å². The van der Waals surface area contributed by atoms with Crippen molar-refractivity contribution in [1.29, 1.82) is 0 Å². The Morgan fingerprint density at radius 1 is 0.958 bits per heavy atom. The molecular formula is C20H38O4. The molecule has 0 saturated heterocycles. The van der Waals surface area contributed by atoms with Gasteiger partial charge in [0.05, 0.1) is 18.6 Å². The van der Waals surface area contributed by atoms with Gasteiger partial charge in [0.1, 0.15) is 0 Å². The molecule has 0 radical (unpaired) electrons. The third-order valence-electron chi connectivity index (χ3n) is 4.72. The van der Waals surface area contributed by atoms with Gasteiger partial charge in [0, 0.05) is 6.42 Å². The molecule has 0 amide bonds. The zero-order chi connectivity index (χ0) is 18.4. The van der Waals surface area contributed by atoms with Gasteiger partial charge >= 0.3 is 11.9 Å². The maximum atomic E-state index is 11.8. The van der Waals surface area contributed by atoms with Crippen molar-refractivity contribution in [3.05, 3.63) is 0 Å². The molecule has 0 spiro atoms. The highest BCUT2D eigenvalue weighted by Gasteiger charge is 2.26. The molecule has 0 aliphatic carbocycles. The van der Waals surface area contributed by atoms with Crippen LogP contribution in [0.5, 0.6) is 0 Å². The minimum absolute atomic E-state index is 0.103. The van der Waals surface area contributed by atoms with Crippen LogP contribution in [0.4, 0.5) is 0 Å². The average molecular weight is 343 g/mol. The minimum atomic E-state index is -0.405. The molecule has 0 aromatic rings. The SMILES string of the molecule is CCCCC(CC)COC(=O)CCCCCOC(=O)C(C)(C)CC. The lowest BCUT2D eigenvalue weighted by Crippen LogP contribution is -2.26. The lowest BCUT2D eigenvalue weighted by Gasteiger charge is -2.20. The minimum Gasteiger partial charge on any atom is -0.465 e. The van der Waals surface area contributed by atoms with Gasteiger partial charge < -0.3 is 9.47 Å². The lowest BCUT2D eigenvalue weighted by molar-refractivity contribution is -0.154. The highest BCUT2D eigenvalue weighted by Crippen LogP contribution is 2.21. The largest absolute Gasteiger partial charge is 0.465 e. The number of hydrogen-bond donors (Lipinski definition) is 0. The van der Waals surface area contributed by atoms with Crippen LogP contribution in [0.25, 0.3) is 0 Å². The number of ether oxygens (including phenoxy) is 2. The van der Waals surface area contributed by atoms with Crippen molar-refractivity contribution in [1.82, 2.24) is 0 Å². The van der Waals surface area contributed by atoms with Crippen LogP contribution in [-0.4, -0.2) is 25.2 Å². The third kappa shape index (κ3) is 10.7. The Balaban J connectivity index is 3.67. The molecule has 0 bridgehead atoms. The van der Waals surface area contributed by atoms with Gasteiger partial charge in [0.15, 0.2) is 0 Å². The van der Waals surface area contributed by atoms with E-state index >= 15 is 0 Å². The van der Waals surface area contributed by atoms with Crippen molar-refractivity contribution < 1.29 is 19.1 Å². The maximum Gasteiger partial charge on any atom is 0.311 e. The van der Waals surface area contributed by atoms with E-state index in [9.17, 15) is 9.59 Å². The first-order valence-corrected chi connectivity index (χ1v) is 9.70. The van der Waals surface area contributed by atoms with E-state index in [0.29, 0.717) is 25.6 Å². The highest BCUT2D eigenvalue weighted by molar-refractivity contribution is 5.75. The van der Waals surface area contributed by atoms with Crippen LogP contribution in [0.15, 0.2) is 0 Å². The van der Waals surface area contributed by atoms with E-state index in [1.165, 1.54) is 12.8 Å². The topological polar surface area (TPSA) is 52.6 Å². The standard InChI is InChI=1S/C20H38O4/c1-6-9-13-17(7-2)16-24-18(21)14-11-10-12-15-23-19(22)20(4,5)8-3/h17H,6-16H2,1-5H3. The molecule has 0 aromatic heterocycles. The van der Waals surface area contributed by atoms with E-state index in [4.69, 9.17) is 9.47 Å². The first-order chi connectivity index (χ1) is 11.4. The molecule has 24 heavy (non-hydrogen) atoms. The van der Waals surface area contributed by atoms with Gasteiger partial charge in [0.2, 0.25) is 0 Å². The first kappa shape index (κ1) is 22.9. The molecule has 1 unspecified atom stereocenters. The number of rotatable bonds is 14. The Hall–Kier alpha value is -1.06. The quantitative estimate of drug-likeness (QED) is 0.318. The predicted molar refractivity (Wildman–Crippen MR) is 97.8 cm³/mol. The molecule has 0 saturated carbocycles. The van der Waals surface area contributed by atoms with Gasteiger partial charge in [-0.05, 0) is 51.9 Å². The van der Waals surface area contributed by atoms with Crippen LogP contribution in [0, 0.1) is 11.3 Å². The molecule has 4 heteroatoms. The number of carbonyl (C=O) groups is 2. The fourth-order valence-electron chi connectivity index (χ4n) is 2.23. The summed E-state index contributed by atoms with van der Waals surface area (Å²) in [6.45, 7) is 11.1. The van der Waals surface area contributed by atoms with E-state index in [0.717, 1.165) is 38.5 Å². The van der Waals surface area contributed by atoms with Crippen LogP contribution >= 0.6 is 0 Å². The number of unbranched alkanes of at least 4 members (excludes halogenated alkanes) is 3. The van der Waals surface area contributed by atoms with Crippen molar-refractivity contribution in [2.45, 2.75) is 92.4 Å². The van der Waals surface area contributed by atoms with Gasteiger partial charge in [-0.3, -0.25) is 9.59 Å². The zero-order valence-electron chi connectivity index (χ0n) is 16.5. The summed E-state index contributed by atoms with van der Waals surface area (Å²) >= 11 is 0. The van der Waals surface area contributed by atoms with Crippen LogP contribution in [0.1, 0.15) is 92.4 Å². The van der Waals surface area contributed by atoms with E-state index in [1.54, 1.807) is 0 Å². The zero-order valence-corrected chi connectivity index (χ0v) is 16.5. The summed E-state index contributed by atoms with van der Waals surface area (Å²) in [6, 6.07) is 0. The van der Waals surface area contributed by atoms with Gasteiger partial charge in [0.25, 0.3) is 0 Å². The Morgan fingerprint density at radius 3 is 2.25 bits per heavy atom. The number of hydrogen-bond acceptors (Lipinski definition) is 4. The molecule has 4 nitrogen and oxygen atoms in total. The average Bonchev–Trinajstić information content (AvgIpc) is 2.57. The first-order valence-electron chi connectivity index (χ1n) is 9.70. The van der Waals surface area contributed by atoms with Crippen LogP contribution in [0.3, 0.4) is 0 Å². The summed E-state index contributed by atoms with van der Waals surface area (Å²) in [4.78, 5) is 23.5. The van der Waals surface area contributed by atoms with Crippen LogP contribution in [0.2, 0.25) is 0 Å². The lowest BCUT2D eigenvalue weighted by atomic mass is 9.91. The molecule has 1 atom stereocenters. The normalized spacial score (nSPS) is 12.7. The van der Waals surface area contributed by atoms with Gasteiger partial charge in [-0.15, -0.1) is 0 Å². The summed E-state index contributed by atoms with van der Waals surface area (Å²) < 4.78 is 10.7. The second kappa shape index (κ2) is 13.3. The number of esters is 2. The van der Waals surface area contributed by atoms with E-state index in [-0.39, 0.29) is 11.9 Å². The van der Waals surface area contributed by atoms with Crippen molar-refractivity contribution in [3.8, 4) is 0 Å². The van der Waals surface area contributed by atoms with Gasteiger partial charge in [-0.1, -0.05) is 40.0 Å². The molecule has 0 fully saturated rings. The molecular weight excluding hydrogens is 304 g/mol. The van der Waals surface area contributed by atoms with Crippen LogP contribution < -0.4 is 0 Å². The van der Waals surface area contributed by atoms with E-state index in [2.05, 4.69) is 13.8 Å². The Morgan fingerprint density at radius 2 is 1.67 bits per heavy atom. The van der Waals surface area contributed by atoms with E-state index < -0.39 is 5.41 Å². The molecule has 0 rings (SSSR count). The summed E-state index contributed by atoms with van der Waals surface area (Å²) in [5, 5.41) is 0. The predicted octanol–water partition coefficient (Wildman–Crippen LogP) is 5.29. The van der Waals surface area contributed by atoms with Gasteiger partial charge in [-0.25, -0.2) is 0 Å². The van der Waals surface area contributed by atoms with Crippen molar-refractivity contribution in [3.63, 3.8) is 0 Å². The smallest absolute Gasteiger partial charge is 0.311 e. The van der Waals surface area contributed by atoms with Crippen molar-refractivity contribution in [2.75, 3.05) is 13.2 Å². The fraction of sp³-hybridized carbons (Fsp3) is 0.900. The summed E-state index contributed by atoms with van der Waals surface area (Å²) in [6.07, 6.45) is 8.28. The Bertz CT molecular complexity index is 350.